The molecule has 4 heteroatoms. The molecule has 2 atom stereocenters. The van der Waals surface area contributed by atoms with Gasteiger partial charge in [0.15, 0.2) is 0 Å². The molecule has 0 heterocycles. The summed E-state index contributed by atoms with van der Waals surface area (Å²) in [7, 11) is 0. The lowest BCUT2D eigenvalue weighted by Gasteiger charge is -2.30. The maximum atomic E-state index is 10.8. The zero-order valence-corrected chi connectivity index (χ0v) is 17.0. The number of rotatable bonds is 8. The average Bonchev–Trinajstić information content (AvgIpc) is 2.76. The second-order valence-electron chi connectivity index (χ2n) is 7.38. The molecule has 0 saturated heterocycles. The van der Waals surface area contributed by atoms with E-state index in [1.165, 1.54) is 0 Å². The number of phenolic OH excluding ortho intramolecular Hbond substituents is 1. The predicted molar refractivity (Wildman–Crippen MR) is 117 cm³/mol. The Morgan fingerprint density at radius 3 is 1.72 bits per heavy atom. The highest BCUT2D eigenvalue weighted by molar-refractivity contribution is 5.57. The molecule has 29 heavy (non-hydrogen) atoms. The lowest BCUT2D eigenvalue weighted by atomic mass is 10.0. The zero-order valence-electron chi connectivity index (χ0n) is 17.0. The molecule has 0 bridgehead atoms. The Labute approximate surface area is 172 Å². The minimum Gasteiger partial charge on any atom is -0.507 e. The molecule has 0 fully saturated rings. The normalized spacial score (nSPS) is 13.1. The zero-order chi connectivity index (χ0) is 20.8. The second-order valence-corrected chi connectivity index (χ2v) is 7.38. The third-order valence-corrected chi connectivity index (χ3v) is 5.27. The second kappa shape index (κ2) is 9.59. The topological polar surface area (TPSA) is 63.9 Å². The fraction of sp³-hybridized carbons (Fsp3) is 0.280. The van der Waals surface area contributed by atoms with Gasteiger partial charge in [-0.25, -0.2) is 0 Å². The summed E-state index contributed by atoms with van der Waals surface area (Å²) < 4.78 is 0. The van der Waals surface area contributed by atoms with Crippen molar-refractivity contribution in [1.29, 1.82) is 0 Å². The number of aliphatic hydroxyl groups excluding tert-OH is 2. The number of aryl methyl sites for hydroxylation is 2. The molecule has 0 aliphatic rings. The monoisotopic (exact) mass is 391 g/mol. The Kier molecular flexibility index (Phi) is 6.91. The molecular formula is C25H29NO3. The molecule has 4 nitrogen and oxygen atoms in total. The summed E-state index contributed by atoms with van der Waals surface area (Å²) in [4.78, 5) is 1.99. The van der Waals surface area contributed by atoms with Crippen LogP contribution in [-0.2, 0) is 6.42 Å². The van der Waals surface area contributed by atoms with Gasteiger partial charge in [-0.05, 0) is 47.7 Å². The van der Waals surface area contributed by atoms with Gasteiger partial charge in [0, 0.05) is 18.8 Å². The van der Waals surface area contributed by atoms with Crippen LogP contribution in [0.25, 0.3) is 0 Å². The van der Waals surface area contributed by atoms with Crippen molar-refractivity contribution in [3.8, 4) is 5.75 Å². The summed E-state index contributed by atoms with van der Waals surface area (Å²) in [5, 5.41) is 31.9. The van der Waals surface area contributed by atoms with Gasteiger partial charge in [0.2, 0.25) is 0 Å². The van der Waals surface area contributed by atoms with Gasteiger partial charge in [-0.1, -0.05) is 67.6 Å². The minimum atomic E-state index is -0.696. The van der Waals surface area contributed by atoms with E-state index < -0.39 is 12.2 Å². The Bertz CT molecular complexity index is 865. The molecule has 0 aliphatic carbocycles. The first-order chi connectivity index (χ1) is 14.0. The van der Waals surface area contributed by atoms with Crippen LogP contribution in [0.3, 0.4) is 0 Å². The van der Waals surface area contributed by atoms with Crippen LogP contribution < -0.4 is 4.90 Å². The van der Waals surface area contributed by atoms with Crippen LogP contribution in [0.15, 0.2) is 72.8 Å². The molecule has 152 valence electrons. The van der Waals surface area contributed by atoms with Crippen molar-refractivity contribution in [2.24, 2.45) is 0 Å². The van der Waals surface area contributed by atoms with Gasteiger partial charge in [-0.15, -0.1) is 0 Å². The highest BCUT2D eigenvalue weighted by atomic mass is 16.3. The molecule has 3 aromatic rings. The summed E-state index contributed by atoms with van der Waals surface area (Å²) >= 11 is 0. The predicted octanol–water partition coefficient (Wildman–Crippen LogP) is 4.54. The van der Waals surface area contributed by atoms with E-state index in [1.807, 2.05) is 91.5 Å². The summed E-state index contributed by atoms with van der Waals surface area (Å²) in [5.74, 6) is 0.309. The van der Waals surface area contributed by atoms with Gasteiger partial charge >= 0.3 is 0 Å². The number of aromatic hydroxyl groups is 1. The molecule has 3 rings (SSSR count). The van der Waals surface area contributed by atoms with E-state index in [0.717, 1.165) is 27.9 Å². The number of aliphatic hydroxyl groups is 2. The summed E-state index contributed by atoms with van der Waals surface area (Å²) in [6.45, 7) is 4.54. The van der Waals surface area contributed by atoms with E-state index in [2.05, 4.69) is 0 Å². The van der Waals surface area contributed by atoms with Crippen LogP contribution in [0, 0.1) is 6.92 Å². The Morgan fingerprint density at radius 2 is 1.28 bits per heavy atom. The number of benzene rings is 3. The molecule has 3 N–H and O–H groups in total. The lowest BCUT2D eigenvalue weighted by Crippen LogP contribution is -2.33. The van der Waals surface area contributed by atoms with Crippen LogP contribution >= 0.6 is 0 Å². The molecule has 2 unspecified atom stereocenters. The first-order valence-electron chi connectivity index (χ1n) is 10.0. The van der Waals surface area contributed by atoms with E-state index in [1.54, 1.807) is 0 Å². The van der Waals surface area contributed by atoms with Crippen LogP contribution in [0.2, 0.25) is 0 Å². The molecular weight excluding hydrogens is 362 g/mol. The first kappa shape index (κ1) is 20.9. The van der Waals surface area contributed by atoms with Crippen LogP contribution in [-0.4, -0.2) is 28.4 Å². The van der Waals surface area contributed by atoms with E-state index in [4.69, 9.17) is 0 Å². The third kappa shape index (κ3) is 5.17. The van der Waals surface area contributed by atoms with Gasteiger partial charge in [-0.3, -0.25) is 0 Å². The average molecular weight is 392 g/mol. The van der Waals surface area contributed by atoms with Crippen LogP contribution in [0.4, 0.5) is 5.69 Å². The van der Waals surface area contributed by atoms with Crippen molar-refractivity contribution in [3.05, 3.63) is 95.1 Å². The largest absolute Gasteiger partial charge is 0.507 e. The number of hydrogen-bond acceptors (Lipinski definition) is 4. The number of nitrogens with zero attached hydrogens (tertiary/aromatic N) is 1. The molecule has 0 aromatic heterocycles. The number of anilines is 1. The minimum absolute atomic E-state index is 0.309. The van der Waals surface area contributed by atoms with Crippen LogP contribution in [0.1, 0.15) is 41.4 Å². The van der Waals surface area contributed by atoms with Crippen molar-refractivity contribution < 1.29 is 15.3 Å². The molecule has 0 radical (unpaired) electrons. The summed E-state index contributed by atoms with van der Waals surface area (Å²) in [5.41, 5.74) is 4.18. The fourth-order valence-electron chi connectivity index (χ4n) is 3.55. The van der Waals surface area contributed by atoms with Gasteiger partial charge in [0.1, 0.15) is 5.75 Å². The van der Waals surface area contributed by atoms with E-state index >= 15 is 0 Å². The first-order valence-corrected chi connectivity index (χ1v) is 10.0. The maximum Gasteiger partial charge on any atom is 0.121 e. The van der Waals surface area contributed by atoms with E-state index in [0.29, 0.717) is 25.3 Å². The van der Waals surface area contributed by atoms with Crippen molar-refractivity contribution >= 4 is 5.69 Å². The van der Waals surface area contributed by atoms with E-state index in [-0.39, 0.29) is 0 Å². The SMILES string of the molecule is CCc1cc(N(CC(O)c2ccccc2)CC(O)c2ccccc2)cc(C)c1O. The van der Waals surface area contributed by atoms with E-state index in [9.17, 15) is 15.3 Å². The standard InChI is InChI=1S/C25H29NO3/c1-3-19-15-22(14-18(2)25(19)29)26(16-23(27)20-10-6-4-7-11-20)17-24(28)21-12-8-5-9-13-21/h4-15,23-24,27-29H,3,16-17H2,1-2H3. The highest BCUT2D eigenvalue weighted by Crippen LogP contribution is 2.31. The fourth-order valence-corrected chi connectivity index (χ4v) is 3.55. The molecule has 0 spiro atoms. The molecule has 3 aromatic carbocycles. The summed E-state index contributed by atoms with van der Waals surface area (Å²) in [6.07, 6.45) is -0.687. The molecule has 0 amide bonds. The number of phenols is 1. The highest BCUT2D eigenvalue weighted by Gasteiger charge is 2.20. The van der Waals surface area contributed by atoms with Crippen molar-refractivity contribution in [2.75, 3.05) is 18.0 Å². The maximum absolute atomic E-state index is 10.8. The quantitative estimate of drug-likeness (QED) is 0.528. The number of hydrogen-bond donors (Lipinski definition) is 3. The Hall–Kier alpha value is -2.82. The van der Waals surface area contributed by atoms with Gasteiger partial charge < -0.3 is 20.2 Å². The van der Waals surface area contributed by atoms with Crippen molar-refractivity contribution in [3.63, 3.8) is 0 Å². The van der Waals surface area contributed by atoms with Gasteiger partial charge in [0.05, 0.1) is 12.2 Å². The van der Waals surface area contributed by atoms with Crippen LogP contribution in [0.5, 0.6) is 5.75 Å². The molecule has 0 aliphatic heterocycles. The van der Waals surface area contributed by atoms with Crippen molar-refractivity contribution in [1.82, 2.24) is 0 Å². The molecule has 0 saturated carbocycles. The van der Waals surface area contributed by atoms with Gasteiger partial charge in [0.25, 0.3) is 0 Å². The Morgan fingerprint density at radius 1 is 0.793 bits per heavy atom. The smallest absolute Gasteiger partial charge is 0.121 e. The lowest BCUT2D eigenvalue weighted by molar-refractivity contribution is 0.161. The van der Waals surface area contributed by atoms with Crippen molar-refractivity contribution in [2.45, 2.75) is 32.5 Å². The Balaban J connectivity index is 1.92. The van der Waals surface area contributed by atoms with Gasteiger partial charge in [-0.2, -0.15) is 0 Å². The third-order valence-electron chi connectivity index (χ3n) is 5.27. The summed E-state index contributed by atoms with van der Waals surface area (Å²) in [6, 6.07) is 22.9.